The largest absolute Gasteiger partial charge is 0.353 e. The second-order valence-corrected chi connectivity index (χ2v) is 8.39. The highest BCUT2D eigenvalue weighted by atomic mass is 35.5. The van der Waals surface area contributed by atoms with Crippen LogP contribution in [-0.4, -0.2) is 48.9 Å². The fourth-order valence-corrected chi connectivity index (χ4v) is 5.23. The van der Waals surface area contributed by atoms with Crippen molar-refractivity contribution in [3.8, 4) is 0 Å². The van der Waals surface area contributed by atoms with E-state index in [1.807, 2.05) is 4.90 Å². The molecule has 3 heterocycles. The Morgan fingerprint density at radius 2 is 1.90 bits per heavy atom. The first-order valence-corrected chi connectivity index (χ1v) is 8.97. The second-order valence-electron chi connectivity index (χ2n) is 4.51. The van der Waals surface area contributed by atoms with Gasteiger partial charge in [-0.3, -0.25) is 4.98 Å². The van der Waals surface area contributed by atoms with Crippen LogP contribution in [0.4, 0.5) is 5.82 Å². The Hall–Kier alpha value is -1.22. The maximum Gasteiger partial charge on any atom is 0.252 e. The van der Waals surface area contributed by atoms with Gasteiger partial charge >= 0.3 is 0 Å². The Kier molecular flexibility index (Phi) is 4.12. The molecule has 0 radical (unpaired) electrons. The molecule has 112 valence electrons. The Morgan fingerprint density at radius 1 is 1.14 bits per heavy atom. The van der Waals surface area contributed by atoms with Gasteiger partial charge in [0.25, 0.3) is 10.0 Å². The lowest BCUT2D eigenvalue weighted by molar-refractivity contribution is 0.384. The zero-order valence-electron chi connectivity index (χ0n) is 11.0. The van der Waals surface area contributed by atoms with E-state index in [0.29, 0.717) is 34.7 Å². The molecule has 9 heteroatoms. The zero-order chi connectivity index (χ0) is 14.9. The molecule has 0 saturated carbocycles. The van der Waals surface area contributed by atoms with Gasteiger partial charge in [-0.1, -0.05) is 11.6 Å². The SMILES string of the molecule is O=S(=O)(c1ccc(Cl)s1)N1CCN(c2cnccn2)CC1. The van der Waals surface area contributed by atoms with Gasteiger partial charge in [-0.2, -0.15) is 4.31 Å². The summed E-state index contributed by atoms with van der Waals surface area (Å²) in [6.07, 6.45) is 4.93. The zero-order valence-corrected chi connectivity index (χ0v) is 13.4. The van der Waals surface area contributed by atoms with Crippen molar-refractivity contribution in [2.75, 3.05) is 31.1 Å². The lowest BCUT2D eigenvalue weighted by atomic mass is 10.3. The fraction of sp³-hybridized carbons (Fsp3) is 0.333. The molecule has 21 heavy (non-hydrogen) atoms. The van der Waals surface area contributed by atoms with Gasteiger partial charge in [-0.25, -0.2) is 13.4 Å². The minimum atomic E-state index is -3.44. The van der Waals surface area contributed by atoms with E-state index in [1.165, 1.54) is 4.31 Å². The summed E-state index contributed by atoms with van der Waals surface area (Å²) in [4.78, 5) is 10.3. The molecule has 0 aromatic carbocycles. The molecule has 1 fully saturated rings. The molecule has 0 N–H and O–H groups in total. The van der Waals surface area contributed by atoms with Crippen LogP contribution in [0.5, 0.6) is 0 Å². The van der Waals surface area contributed by atoms with Crippen LogP contribution in [0.3, 0.4) is 0 Å². The number of piperazine rings is 1. The minimum Gasteiger partial charge on any atom is -0.353 e. The van der Waals surface area contributed by atoms with E-state index in [0.717, 1.165) is 17.2 Å². The van der Waals surface area contributed by atoms with Gasteiger partial charge in [0.1, 0.15) is 10.0 Å². The van der Waals surface area contributed by atoms with Crippen molar-refractivity contribution in [2.45, 2.75) is 4.21 Å². The van der Waals surface area contributed by atoms with Gasteiger partial charge in [0.15, 0.2) is 0 Å². The number of aromatic nitrogens is 2. The molecule has 0 atom stereocenters. The smallest absolute Gasteiger partial charge is 0.252 e. The molecule has 0 amide bonds. The number of hydrogen-bond donors (Lipinski definition) is 0. The number of anilines is 1. The van der Waals surface area contributed by atoms with Crippen molar-refractivity contribution < 1.29 is 8.42 Å². The topological polar surface area (TPSA) is 66.4 Å². The van der Waals surface area contributed by atoms with E-state index in [9.17, 15) is 8.42 Å². The van der Waals surface area contributed by atoms with Gasteiger partial charge in [-0.15, -0.1) is 11.3 Å². The molecule has 0 aliphatic carbocycles. The summed E-state index contributed by atoms with van der Waals surface area (Å²) in [5.41, 5.74) is 0. The third-order valence-corrected chi connectivity index (χ3v) is 6.85. The summed E-state index contributed by atoms with van der Waals surface area (Å²) < 4.78 is 27.2. The maximum absolute atomic E-state index is 12.5. The third-order valence-electron chi connectivity index (χ3n) is 3.25. The molecule has 1 saturated heterocycles. The first-order valence-electron chi connectivity index (χ1n) is 6.34. The van der Waals surface area contributed by atoms with E-state index in [1.54, 1.807) is 30.7 Å². The van der Waals surface area contributed by atoms with Crippen LogP contribution in [0, 0.1) is 0 Å². The van der Waals surface area contributed by atoms with Gasteiger partial charge < -0.3 is 4.90 Å². The maximum atomic E-state index is 12.5. The van der Waals surface area contributed by atoms with Gasteiger partial charge in [0, 0.05) is 38.6 Å². The summed E-state index contributed by atoms with van der Waals surface area (Å²) in [5, 5.41) is 0. The lowest BCUT2D eigenvalue weighted by Gasteiger charge is -2.34. The van der Waals surface area contributed by atoms with E-state index < -0.39 is 10.0 Å². The van der Waals surface area contributed by atoms with E-state index in [2.05, 4.69) is 9.97 Å². The van der Waals surface area contributed by atoms with Crippen LogP contribution >= 0.6 is 22.9 Å². The number of rotatable bonds is 3. The van der Waals surface area contributed by atoms with Crippen molar-refractivity contribution in [3.05, 3.63) is 35.1 Å². The number of thiophene rings is 1. The molecule has 0 bridgehead atoms. The molecule has 6 nitrogen and oxygen atoms in total. The molecular weight excluding hydrogens is 332 g/mol. The number of nitrogens with zero attached hydrogens (tertiary/aromatic N) is 4. The quantitative estimate of drug-likeness (QED) is 0.848. The predicted molar refractivity (Wildman–Crippen MR) is 82.3 cm³/mol. The van der Waals surface area contributed by atoms with Crippen molar-refractivity contribution in [3.63, 3.8) is 0 Å². The van der Waals surface area contributed by atoms with Crippen molar-refractivity contribution in [1.82, 2.24) is 14.3 Å². The van der Waals surface area contributed by atoms with Gasteiger partial charge in [0.05, 0.1) is 10.5 Å². The average molecular weight is 345 g/mol. The molecule has 0 spiro atoms. The summed E-state index contributed by atoms with van der Waals surface area (Å²) in [5.74, 6) is 0.772. The molecule has 2 aromatic rings. The molecule has 0 unspecified atom stereocenters. The molecule has 3 rings (SSSR count). The Balaban J connectivity index is 1.71. The number of halogens is 1. The first kappa shape index (κ1) is 14.7. The Labute approximate surface area is 132 Å². The first-order chi connectivity index (χ1) is 10.1. The van der Waals surface area contributed by atoms with Crippen LogP contribution in [0.2, 0.25) is 4.34 Å². The summed E-state index contributed by atoms with van der Waals surface area (Å²) in [6, 6.07) is 3.16. The molecule has 1 aliphatic heterocycles. The summed E-state index contributed by atoms with van der Waals surface area (Å²) >= 11 is 6.91. The van der Waals surface area contributed by atoms with Crippen LogP contribution in [0.25, 0.3) is 0 Å². The third kappa shape index (κ3) is 3.03. The monoisotopic (exact) mass is 344 g/mol. The lowest BCUT2D eigenvalue weighted by Crippen LogP contribution is -2.48. The molecular formula is C12H13ClN4O2S2. The highest BCUT2D eigenvalue weighted by Gasteiger charge is 2.30. The number of hydrogen-bond acceptors (Lipinski definition) is 6. The average Bonchev–Trinajstić information content (AvgIpc) is 2.96. The summed E-state index contributed by atoms with van der Waals surface area (Å²) in [7, 11) is -3.44. The van der Waals surface area contributed by atoms with E-state index >= 15 is 0 Å². The van der Waals surface area contributed by atoms with Crippen LogP contribution in [0.15, 0.2) is 34.9 Å². The molecule has 1 aliphatic rings. The van der Waals surface area contributed by atoms with E-state index in [4.69, 9.17) is 11.6 Å². The van der Waals surface area contributed by atoms with Gasteiger partial charge in [0.2, 0.25) is 0 Å². The van der Waals surface area contributed by atoms with Crippen molar-refractivity contribution in [1.29, 1.82) is 0 Å². The predicted octanol–water partition coefficient (Wildman–Crippen LogP) is 1.70. The van der Waals surface area contributed by atoms with Gasteiger partial charge in [-0.05, 0) is 12.1 Å². The number of sulfonamides is 1. The van der Waals surface area contributed by atoms with Crippen molar-refractivity contribution in [2.24, 2.45) is 0 Å². The van der Waals surface area contributed by atoms with Crippen LogP contribution in [0.1, 0.15) is 0 Å². The minimum absolute atomic E-state index is 0.292. The Bertz CT molecular complexity index is 712. The summed E-state index contributed by atoms with van der Waals surface area (Å²) in [6.45, 7) is 2.04. The fourth-order valence-electron chi connectivity index (χ4n) is 2.18. The van der Waals surface area contributed by atoms with Crippen molar-refractivity contribution >= 4 is 38.8 Å². The normalized spacial score (nSPS) is 17.1. The van der Waals surface area contributed by atoms with Crippen LogP contribution in [-0.2, 0) is 10.0 Å². The highest BCUT2D eigenvalue weighted by Crippen LogP contribution is 2.28. The Morgan fingerprint density at radius 3 is 2.48 bits per heavy atom. The highest BCUT2D eigenvalue weighted by molar-refractivity contribution is 7.91. The standard InChI is InChI=1S/C12H13ClN4O2S2/c13-10-1-2-12(20-10)21(18,19)17-7-5-16(6-8-17)11-9-14-3-4-15-11/h1-4,9H,5-8H2. The van der Waals surface area contributed by atoms with Crippen LogP contribution < -0.4 is 4.90 Å². The molecule has 2 aromatic heterocycles. The van der Waals surface area contributed by atoms with E-state index in [-0.39, 0.29) is 0 Å². The second kappa shape index (κ2) is 5.88.